The van der Waals surface area contributed by atoms with E-state index in [1.807, 2.05) is 86.6 Å². The molecule has 1 heterocycles. The van der Waals surface area contributed by atoms with Crippen LogP contribution in [0.25, 0.3) is 0 Å². The molecule has 7 heteroatoms. The van der Waals surface area contributed by atoms with Crippen molar-refractivity contribution in [2.75, 3.05) is 20.3 Å². The zero-order valence-corrected chi connectivity index (χ0v) is 23.0. The van der Waals surface area contributed by atoms with Crippen LogP contribution in [-0.4, -0.2) is 49.1 Å². The number of hydrogen-bond donors (Lipinski definition) is 1. The normalized spacial score (nSPS) is 13.7. The van der Waals surface area contributed by atoms with E-state index in [9.17, 15) is 9.59 Å². The van der Waals surface area contributed by atoms with Crippen molar-refractivity contribution in [2.24, 2.45) is 0 Å². The quantitative estimate of drug-likeness (QED) is 0.358. The van der Waals surface area contributed by atoms with Gasteiger partial charge in [0.05, 0.1) is 7.11 Å². The molecule has 0 radical (unpaired) electrons. The predicted molar refractivity (Wildman–Crippen MR) is 151 cm³/mol. The predicted octanol–water partition coefficient (Wildman–Crippen LogP) is 4.95. The third-order valence-corrected chi connectivity index (χ3v) is 6.99. The molecule has 0 saturated heterocycles. The van der Waals surface area contributed by atoms with E-state index in [-0.39, 0.29) is 24.3 Å². The van der Waals surface area contributed by atoms with Gasteiger partial charge in [0.1, 0.15) is 25.0 Å². The molecule has 2 amide bonds. The Balaban J connectivity index is 1.61. The number of hydrogen-bond acceptors (Lipinski definition) is 5. The van der Waals surface area contributed by atoms with Crippen LogP contribution in [0.15, 0.2) is 72.8 Å². The Morgan fingerprint density at radius 2 is 1.67 bits per heavy atom. The Bertz CT molecular complexity index is 1250. The second kappa shape index (κ2) is 13.7. The van der Waals surface area contributed by atoms with Crippen LogP contribution < -0.4 is 19.5 Å². The van der Waals surface area contributed by atoms with Crippen molar-refractivity contribution in [2.45, 2.75) is 58.2 Å². The Morgan fingerprint density at radius 1 is 0.923 bits per heavy atom. The molecule has 0 bridgehead atoms. The maximum atomic E-state index is 13.9. The number of amides is 2. The largest absolute Gasteiger partial charge is 0.497 e. The lowest BCUT2D eigenvalue weighted by molar-refractivity contribution is -0.141. The van der Waals surface area contributed by atoms with E-state index in [2.05, 4.69) is 5.32 Å². The van der Waals surface area contributed by atoms with Gasteiger partial charge in [0.15, 0.2) is 11.5 Å². The summed E-state index contributed by atoms with van der Waals surface area (Å²) in [6.07, 6.45) is 2.00. The van der Waals surface area contributed by atoms with Crippen LogP contribution in [-0.2, 0) is 29.0 Å². The molecule has 4 rings (SSSR count). The van der Waals surface area contributed by atoms with Crippen molar-refractivity contribution in [3.8, 4) is 17.2 Å². The zero-order chi connectivity index (χ0) is 27.6. The summed E-state index contributed by atoms with van der Waals surface area (Å²) in [4.78, 5) is 29.3. The third kappa shape index (κ3) is 7.76. The lowest BCUT2D eigenvalue weighted by Crippen LogP contribution is -2.52. The SMILES string of the molecule is CCC(C)NC(=O)C(Cc1ccccc1)N(Cc1cccc(OC)c1)C(=O)CCc1ccc2c(c1)OCCO2. The number of nitrogens with one attached hydrogen (secondary N) is 1. The van der Waals surface area contributed by atoms with E-state index in [0.29, 0.717) is 44.1 Å². The minimum atomic E-state index is -0.666. The molecule has 0 aliphatic carbocycles. The number of methoxy groups -OCH3 is 1. The van der Waals surface area contributed by atoms with E-state index in [4.69, 9.17) is 14.2 Å². The van der Waals surface area contributed by atoms with Crippen molar-refractivity contribution in [1.29, 1.82) is 0 Å². The summed E-state index contributed by atoms with van der Waals surface area (Å²) in [5.74, 6) is 1.89. The Kier molecular flexibility index (Phi) is 9.84. The number of fused-ring (bicyclic) bond motifs is 1. The van der Waals surface area contributed by atoms with E-state index in [1.54, 1.807) is 12.0 Å². The number of aryl methyl sites for hydroxylation is 1. The first-order valence-corrected chi connectivity index (χ1v) is 13.6. The smallest absolute Gasteiger partial charge is 0.243 e. The van der Waals surface area contributed by atoms with Crippen molar-refractivity contribution >= 4 is 11.8 Å². The van der Waals surface area contributed by atoms with Gasteiger partial charge in [-0.05, 0) is 60.7 Å². The first kappa shape index (κ1) is 28.0. The molecule has 2 unspecified atom stereocenters. The number of benzene rings is 3. The molecule has 0 saturated carbocycles. The Labute approximate surface area is 231 Å². The van der Waals surface area contributed by atoms with Gasteiger partial charge in [-0.1, -0.05) is 55.5 Å². The van der Waals surface area contributed by atoms with Crippen LogP contribution in [0.1, 0.15) is 43.4 Å². The average molecular weight is 531 g/mol. The molecule has 0 aromatic heterocycles. The van der Waals surface area contributed by atoms with Crippen molar-refractivity contribution in [1.82, 2.24) is 10.2 Å². The molecule has 1 aliphatic rings. The molecule has 0 spiro atoms. The van der Waals surface area contributed by atoms with Gasteiger partial charge in [0, 0.05) is 25.4 Å². The maximum absolute atomic E-state index is 13.9. The first-order valence-electron chi connectivity index (χ1n) is 13.6. The molecule has 206 valence electrons. The van der Waals surface area contributed by atoms with Gasteiger partial charge in [-0.15, -0.1) is 0 Å². The molecule has 3 aromatic rings. The minimum Gasteiger partial charge on any atom is -0.497 e. The van der Waals surface area contributed by atoms with Gasteiger partial charge in [-0.25, -0.2) is 0 Å². The molecule has 1 aliphatic heterocycles. The molecular weight excluding hydrogens is 492 g/mol. The monoisotopic (exact) mass is 530 g/mol. The molecule has 39 heavy (non-hydrogen) atoms. The lowest BCUT2D eigenvalue weighted by atomic mass is 10.0. The second-order valence-corrected chi connectivity index (χ2v) is 9.87. The van der Waals surface area contributed by atoms with Crippen LogP contribution in [0, 0.1) is 0 Å². The third-order valence-electron chi connectivity index (χ3n) is 6.99. The van der Waals surface area contributed by atoms with Crippen molar-refractivity contribution < 1.29 is 23.8 Å². The maximum Gasteiger partial charge on any atom is 0.243 e. The molecule has 7 nitrogen and oxygen atoms in total. The fourth-order valence-corrected chi connectivity index (χ4v) is 4.60. The highest BCUT2D eigenvalue weighted by molar-refractivity contribution is 5.88. The van der Waals surface area contributed by atoms with Gasteiger partial charge in [0.25, 0.3) is 0 Å². The number of ether oxygens (including phenoxy) is 3. The average Bonchev–Trinajstić information content (AvgIpc) is 2.98. The van der Waals surface area contributed by atoms with Crippen LogP contribution in [0.5, 0.6) is 17.2 Å². The summed E-state index contributed by atoms with van der Waals surface area (Å²) in [5.41, 5.74) is 2.88. The van der Waals surface area contributed by atoms with Gasteiger partial charge in [-0.2, -0.15) is 0 Å². The Hall–Kier alpha value is -4.00. The number of rotatable bonds is 12. The van der Waals surface area contributed by atoms with Crippen LogP contribution >= 0.6 is 0 Å². The summed E-state index contributed by atoms with van der Waals surface area (Å²) in [6.45, 7) is 5.35. The van der Waals surface area contributed by atoms with Gasteiger partial charge in [0.2, 0.25) is 11.8 Å². The highest BCUT2D eigenvalue weighted by Crippen LogP contribution is 2.31. The van der Waals surface area contributed by atoms with Gasteiger partial charge >= 0.3 is 0 Å². The zero-order valence-electron chi connectivity index (χ0n) is 23.0. The Morgan fingerprint density at radius 3 is 2.41 bits per heavy atom. The lowest BCUT2D eigenvalue weighted by Gasteiger charge is -2.32. The van der Waals surface area contributed by atoms with Crippen LogP contribution in [0.3, 0.4) is 0 Å². The molecule has 0 fully saturated rings. The van der Waals surface area contributed by atoms with E-state index >= 15 is 0 Å². The minimum absolute atomic E-state index is 0.00209. The van der Waals surface area contributed by atoms with Crippen molar-refractivity contribution in [3.05, 3.63) is 89.5 Å². The summed E-state index contributed by atoms with van der Waals surface area (Å²) >= 11 is 0. The van der Waals surface area contributed by atoms with E-state index in [1.165, 1.54) is 0 Å². The summed E-state index contributed by atoms with van der Waals surface area (Å²) in [6, 6.07) is 22.6. The van der Waals surface area contributed by atoms with E-state index in [0.717, 1.165) is 28.9 Å². The first-order chi connectivity index (χ1) is 19.0. The van der Waals surface area contributed by atoms with E-state index < -0.39 is 6.04 Å². The highest BCUT2D eigenvalue weighted by atomic mass is 16.6. The van der Waals surface area contributed by atoms with Crippen molar-refractivity contribution in [3.63, 3.8) is 0 Å². The standard InChI is InChI=1S/C32H38N2O5/c1-4-23(2)33-32(36)28(20-24-9-6-5-7-10-24)34(22-26-11-8-12-27(19-26)37-3)31(35)16-14-25-13-15-29-30(21-25)39-18-17-38-29/h5-13,15,19,21,23,28H,4,14,16-18,20,22H2,1-3H3,(H,33,36). The number of carbonyl (C=O) groups excluding carboxylic acids is 2. The fourth-order valence-electron chi connectivity index (χ4n) is 4.60. The van der Waals surface area contributed by atoms with Crippen LogP contribution in [0.2, 0.25) is 0 Å². The number of nitrogens with zero attached hydrogens (tertiary/aromatic N) is 1. The van der Waals surface area contributed by atoms with Gasteiger partial charge in [-0.3, -0.25) is 9.59 Å². The highest BCUT2D eigenvalue weighted by Gasteiger charge is 2.31. The summed E-state index contributed by atoms with van der Waals surface area (Å²) in [7, 11) is 1.62. The fraction of sp³-hybridized carbons (Fsp3) is 0.375. The molecular formula is C32H38N2O5. The molecule has 1 N–H and O–H groups in total. The van der Waals surface area contributed by atoms with Crippen LogP contribution in [0.4, 0.5) is 0 Å². The van der Waals surface area contributed by atoms with Gasteiger partial charge < -0.3 is 24.4 Å². The topological polar surface area (TPSA) is 77.1 Å². The second-order valence-electron chi connectivity index (χ2n) is 9.87. The molecule has 3 aromatic carbocycles. The number of carbonyl (C=O) groups is 2. The molecule has 2 atom stereocenters. The summed E-state index contributed by atoms with van der Waals surface area (Å²) < 4.78 is 16.8. The summed E-state index contributed by atoms with van der Waals surface area (Å²) in [5, 5.41) is 3.11.